The number of hydrogen-bond donors (Lipinski definition) is 0. The number of likely N-dealkylation sites (N-methyl/N-ethyl adjacent to an activating group) is 1. The normalized spacial score (nSPS) is 27.2. The van der Waals surface area contributed by atoms with Gasteiger partial charge in [-0.3, -0.25) is 14.7 Å². The van der Waals surface area contributed by atoms with E-state index in [-0.39, 0.29) is 17.5 Å². The monoisotopic (exact) mass is 313 g/mol. The summed E-state index contributed by atoms with van der Waals surface area (Å²) in [7, 11) is 1.90. The number of fused-ring (bicyclic) bond motifs is 1. The highest BCUT2D eigenvalue weighted by Crippen LogP contribution is 2.37. The number of carbonyl (C=O) groups is 1. The van der Waals surface area contributed by atoms with Crippen molar-refractivity contribution >= 4 is 11.5 Å². The van der Waals surface area contributed by atoms with Gasteiger partial charge in [-0.15, -0.1) is 0 Å². The molecule has 1 unspecified atom stereocenters. The van der Waals surface area contributed by atoms with Crippen LogP contribution in [0.5, 0.6) is 0 Å². The Morgan fingerprint density at radius 3 is 2.74 bits per heavy atom. The van der Waals surface area contributed by atoms with E-state index in [0.29, 0.717) is 18.7 Å². The summed E-state index contributed by atoms with van der Waals surface area (Å²) in [6.45, 7) is 3.65. The molecule has 2 saturated heterocycles. The first-order valence-electron chi connectivity index (χ1n) is 8.41. The third-order valence-corrected chi connectivity index (χ3v) is 5.19. The Kier molecular flexibility index (Phi) is 3.70. The lowest BCUT2D eigenvalue weighted by Gasteiger charge is -2.45. The maximum absolute atomic E-state index is 12.4. The van der Waals surface area contributed by atoms with Crippen molar-refractivity contribution < 1.29 is 9.53 Å². The number of hydrogen-bond acceptors (Lipinski definition) is 5. The molecular formula is C18H23N3O2. The second-order valence-electron chi connectivity index (χ2n) is 6.98. The van der Waals surface area contributed by atoms with Gasteiger partial charge in [0.25, 0.3) is 0 Å². The molecular weight excluding hydrogens is 290 g/mol. The van der Waals surface area contributed by atoms with Crippen LogP contribution < -0.4 is 0 Å². The van der Waals surface area contributed by atoms with Crippen molar-refractivity contribution in [2.75, 3.05) is 26.7 Å². The van der Waals surface area contributed by atoms with Gasteiger partial charge in [-0.2, -0.15) is 5.10 Å². The predicted octanol–water partition coefficient (Wildman–Crippen LogP) is 1.68. The molecule has 0 radical (unpaired) electrons. The molecule has 1 atom stereocenters. The smallest absolute Gasteiger partial charge is 0.184 e. The van der Waals surface area contributed by atoms with E-state index >= 15 is 0 Å². The van der Waals surface area contributed by atoms with Crippen LogP contribution in [0.15, 0.2) is 35.4 Å². The molecule has 0 bridgehead atoms. The summed E-state index contributed by atoms with van der Waals surface area (Å²) >= 11 is 0. The number of likely N-dealkylation sites (tertiary alicyclic amines) is 1. The van der Waals surface area contributed by atoms with Crippen molar-refractivity contribution in [2.45, 2.75) is 37.5 Å². The van der Waals surface area contributed by atoms with Gasteiger partial charge in [0.05, 0.1) is 12.1 Å². The van der Waals surface area contributed by atoms with Crippen LogP contribution in [0.1, 0.15) is 24.8 Å². The zero-order valence-corrected chi connectivity index (χ0v) is 13.6. The average molecular weight is 313 g/mol. The van der Waals surface area contributed by atoms with Crippen LogP contribution >= 0.6 is 0 Å². The maximum Gasteiger partial charge on any atom is 0.184 e. The van der Waals surface area contributed by atoms with Crippen molar-refractivity contribution in [2.24, 2.45) is 5.10 Å². The predicted molar refractivity (Wildman–Crippen MR) is 88.2 cm³/mol. The molecule has 1 spiro atoms. The van der Waals surface area contributed by atoms with Gasteiger partial charge in [-0.1, -0.05) is 30.3 Å². The van der Waals surface area contributed by atoms with Gasteiger partial charge in [-0.05, 0) is 18.4 Å². The van der Waals surface area contributed by atoms with Gasteiger partial charge in [-0.25, -0.2) is 0 Å². The summed E-state index contributed by atoms with van der Waals surface area (Å²) in [5.74, 6) is 0.183. The van der Waals surface area contributed by atoms with Crippen molar-refractivity contribution in [3.8, 4) is 0 Å². The highest BCUT2D eigenvalue weighted by atomic mass is 16.5. The Morgan fingerprint density at radius 1 is 1.26 bits per heavy atom. The van der Waals surface area contributed by atoms with E-state index in [4.69, 9.17) is 4.74 Å². The van der Waals surface area contributed by atoms with Crippen LogP contribution in [0.3, 0.4) is 0 Å². The molecule has 122 valence electrons. The SMILES string of the molecule is CN1CC2OC3(CCN(Cc4ccccc4)CC3)CC(=O)C2=N1. The van der Waals surface area contributed by atoms with Crippen LogP contribution in [-0.2, 0) is 16.1 Å². The Balaban J connectivity index is 1.39. The van der Waals surface area contributed by atoms with Gasteiger partial charge >= 0.3 is 0 Å². The van der Waals surface area contributed by atoms with Crippen LogP contribution in [0.2, 0.25) is 0 Å². The van der Waals surface area contributed by atoms with E-state index in [9.17, 15) is 4.79 Å². The average Bonchev–Trinajstić information content (AvgIpc) is 2.92. The summed E-state index contributed by atoms with van der Waals surface area (Å²) in [5, 5.41) is 6.13. The molecule has 0 saturated carbocycles. The van der Waals surface area contributed by atoms with E-state index in [1.54, 1.807) is 0 Å². The summed E-state index contributed by atoms with van der Waals surface area (Å²) in [6, 6.07) is 10.6. The number of Topliss-reactive ketones (excluding diaryl/α,β-unsaturated/α-hetero) is 1. The summed E-state index contributed by atoms with van der Waals surface area (Å²) in [4.78, 5) is 14.9. The minimum atomic E-state index is -0.265. The zero-order valence-electron chi connectivity index (χ0n) is 13.6. The molecule has 0 N–H and O–H groups in total. The molecule has 23 heavy (non-hydrogen) atoms. The number of nitrogens with zero attached hydrogens (tertiary/aromatic N) is 3. The minimum Gasteiger partial charge on any atom is -0.363 e. The maximum atomic E-state index is 12.4. The molecule has 0 aromatic heterocycles. The Bertz CT molecular complexity index is 620. The standard InChI is InChI=1S/C18H23N3O2/c1-20-13-16-17(19-20)15(22)11-18(23-16)7-9-21(10-8-18)12-14-5-3-2-4-6-14/h2-6,16H,7-13H2,1H3. The number of carbonyl (C=O) groups excluding carboxylic acids is 1. The van der Waals surface area contributed by atoms with Gasteiger partial charge < -0.3 is 4.74 Å². The van der Waals surface area contributed by atoms with Crippen LogP contribution in [0, 0.1) is 0 Å². The molecule has 4 rings (SSSR count). The summed E-state index contributed by atoms with van der Waals surface area (Å²) < 4.78 is 6.36. The molecule has 1 aromatic carbocycles. The number of hydrazone groups is 1. The third kappa shape index (κ3) is 2.91. The molecule has 3 aliphatic rings. The molecule has 5 heteroatoms. The van der Waals surface area contributed by atoms with Gasteiger partial charge in [0.15, 0.2) is 5.78 Å². The van der Waals surface area contributed by atoms with E-state index in [0.717, 1.165) is 32.5 Å². The first kappa shape index (κ1) is 14.8. The first-order chi connectivity index (χ1) is 11.1. The molecule has 3 aliphatic heterocycles. The van der Waals surface area contributed by atoms with Crippen molar-refractivity contribution in [3.05, 3.63) is 35.9 Å². The second-order valence-corrected chi connectivity index (χ2v) is 6.98. The minimum absolute atomic E-state index is 0.123. The molecule has 5 nitrogen and oxygen atoms in total. The lowest BCUT2D eigenvalue weighted by atomic mass is 9.82. The van der Waals surface area contributed by atoms with E-state index < -0.39 is 0 Å². The third-order valence-electron chi connectivity index (χ3n) is 5.19. The largest absolute Gasteiger partial charge is 0.363 e. The Hall–Kier alpha value is -1.72. The number of ketones is 1. The highest BCUT2D eigenvalue weighted by Gasteiger charge is 2.48. The fourth-order valence-electron chi connectivity index (χ4n) is 3.93. The van der Waals surface area contributed by atoms with E-state index in [1.165, 1.54) is 5.56 Å². The van der Waals surface area contributed by atoms with Crippen molar-refractivity contribution in [1.29, 1.82) is 0 Å². The molecule has 2 fully saturated rings. The summed E-state index contributed by atoms with van der Waals surface area (Å²) in [6.07, 6.45) is 2.23. The fraction of sp³-hybridized carbons (Fsp3) is 0.556. The topological polar surface area (TPSA) is 45.1 Å². The van der Waals surface area contributed by atoms with Crippen LogP contribution in [-0.4, -0.2) is 59.8 Å². The van der Waals surface area contributed by atoms with E-state index in [1.807, 2.05) is 18.1 Å². The number of benzene rings is 1. The van der Waals surface area contributed by atoms with Gasteiger partial charge in [0.1, 0.15) is 11.8 Å². The van der Waals surface area contributed by atoms with Gasteiger partial charge in [0, 0.05) is 33.1 Å². The number of rotatable bonds is 2. The number of ether oxygens (including phenoxy) is 1. The Labute approximate surface area is 136 Å². The quantitative estimate of drug-likeness (QED) is 0.833. The fourth-order valence-corrected chi connectivity index (χ4v) is 3.93. The zero-order chi connectivity index (χ0) is 15.9. The Morgan fingerprint density at radius 2 is 2.00 bits per heavy atom. The summed E-state index contributed by atoms with van der Waals surface area (Å²) in [5.41, 5.74) is 1.71. The molecule has 0 aliphatic carbocycles. The van der Waals surface area contributed by atoms with Crippen molar-refractivity contribution in [1.82, 2.24) is 9.91 Å². The van der Waals surface area contributed by atoms with E-state index in [2.05, 4.69) is 34.3 Å². The van der Waals surface area contributed by atoms with Crippen LogP contribution in [0.4, 0.5) is 0 Å². The first-order valence-corrected chi connectivity index (χ1v) is 8.41. The molecule has 1 aromatic rings. The highest BCUT2D eigenvalue weighted by molar-refractivity contribution is 6.42. The molecule has 3 heterocycles. The van der Waals surface area contributed by atoms with Gasteiger partial charge in [0.2, 0.25) is 0 Å². The van der Waals surface area contributed by atoms with Crippen LogP contribution in [0.25, 0.3) is 0 Å². The lowest BCUT2D eigenvalue weighted by molar-refractivity contribution is -0.142. The molecule has 0 amide bonds. The second kappa shape index (κ2) is 5.73. The number of piperidine rings is 1. The van der Waals surface area contributed by atoms with Crippen molar-refractivity contribution in [3.63, 3.8) is 0 Å². The lowest BCUT2D eigenvalue weighted by Crippen LogP contribution is -2.55.